The van der Waals surface area contributed by atoms with Crippen LogP contribution in [0.4, 0.5) is 0 Å². The van der Waals surface area contributed by atoms with Gasteiger partial charge in [-0.25, -0.2) is 4.79 Å². The van der Waals surface area contributed by atoms with Crippen molar-refractivity contribution in [2.75, 3.05) is 6.61 Å². The van der Waals surface area contributed by atoms with Crippen LogP contribution in [0.1, 0.15) is 20.8 Å². The van der Waals surface area contributed by atoms with Gasteiger partial charge in [0.2, 0.25) is 0 Å². The second kappa shape index (κ2) is 6.12. The SMILES string of the molecule is CCOC(=O)C(=O)NC(C=O)C(C)C. The van der Waals surface area contributed by atoms with Crippen LogP contribution in [0.3, 0.4) is 0 Å². The maximum Gasteiger partial charge on any atom is 0.396 e. The Kier molecular flexibility index (Phi) is 5.52. The molecule has 0 bridgehead atoms. The van der Waals surface area contributed by atoms with Gasteiger partial charge < -0.3 is 14.8 Å². The van der Waals surface area contributed by atoms with Crippen LogP contribution in [0.2, 0.25) is 0 Å². The van der Waals surface area contributed by atoms with E-state index in [9.17, 15) is 14.4 Å². The summed E-state index contributed by atoms with van der Waals surface area (Å²) in [6, 6.07) is -0.646. The normalized spacial score (nSPS) is 12.0. The summed E-state index contributed by atoms with van der Waals surface area (Å²) in [5.74, 6) is -1.89. The molecule has 0 aromatic heterocycles. The third-order valence-electron chi connectivity index (χ3n) is 1.62. The van der Waals surface area contributed by atoms with E-state index in [0.717, 1.165) is 0 Å². The summed E-state index contributed by atoms with van der Waals surface area (Å²) < 4.78 is 4.46. The fraction of sp³-hybridized carbons (Fsp3) is 0.667. The number of rotatable bonds is 4. The zero-order valence-electron chi connectivity index (χ0n) is 8.57. The molecule has 0 aliphatic rings. The highest BCUT2D eigenvalue weighted by Crippen LogP contribution is 1.98. The summed E-state index contributed by atoms with van der Waals surface area (Å²) >= 11 is 0. The highest BCUT2D eigenvalue weighted by atomic mass is 16.5. The monoisotopic (exact) mass is 201 g/mol. The molecule has 0 aromatic carbocycles. The molecule has 1 N–H and O–H groups in total. The van der Waals surface area contributed by atoms with Gasteiger partial charge in [0.15, 0.2) is 0 Å². The minimum atomic E-state index is -0.958. The van der Waals surface area contributed by atoms with E-state index in [4.69, 9.17) is 0 Å². The summed E-state index contributed by atoms with van der Waals surface area (Å²) in [4.78, 5) is 32.4. The van der Waals surface area contributed by atoms with E-state index in [0.29, 0.717) is 6.29 Å². The molecule has 5 nitrogen and oxygen atoms in total. The predicted octanol–water partition coefficient (Wildman–Crippen LogP) is -0.111. The lowest BCUT2D eigenvalue weighted by atomic mass is 10.1. The molecule has 80 valence electrons. The summed E-state index contributed by atoms with van der Waals surface area (Å²) in [6.07, 6.45) is 0.599. The molecule has 0 aliphatic heterocycles. The lowest BCUT2D eigenvalue weighted by Crippen LogP contribution is -2.43. The second-order valence-corrected chi connectivity index (χ2v) is 3.10. The first-order chi connectivity index (χ1) is 6.52. The van der Waals surface area contributed by atoms with Gasteiger partial charge in [-0.15, -0.1) is 0 Å². The Bertz CT molecular complexity index is 225. The average Bonchev–Trinajstić information content (AvgIpc) is 2.13. The lowest BCUT2D eigenvalue weighted by molar-refractivity contribution is -0.155. The van der Waals surface area contributed by atoms with Crippen LogP contribution < -0.4 is 5.32 Å². The standard InChI is InChI=1S/C9H15NO4/c1-4-14-9(13)8(12)10-7(5-11)6(2)3/h5-7H,4H2,1-3H3,(H,10,12). The number of carbonyl (C=O) groups excluding carboxylic acids is 3. The zero-order valence-corrected chi connectivity index (χ0v) is 8.57. The van der Waals surface area contributed by atoms with E-state index < -0.39 is 17.9 Å². The summed E-state index contributed by atoms with van der Waals surface area (Å²) in [7, 11) is 0. The van der Waals surface area contributed by atoms with E-state index in [1.165, 1.54) is 0 Å². The van der Waals surface area contributed by atoms with Gasteiger partial charge >= 0.3 is 11.9 Å². The van der Waals surface area contributed by atoms with Crippen molar-refractivity contribution >= 4 is 18.2 Å². The van der Waals surface area contributed by atoms with E-state index in [1.807, 2.05) is 0 Å². The van der Waals surface area contributed by atoms with Gasteiger partial charge in [-0.2, -0.15) is 0 Å². The van der Waals surface area contributed by atoms with Crippen LogP contribution in [-0.4, -0.2) is 30.8 Å². The van der Waals surface area contributed by atoms with E-state index in [-0.39, 0.29) is 12.5 Å². The van der Waals surface area contributed by atoms with Crippen molar-refractivity contribution in [3.63, 3.8) is 0 Å². The van der Waals surface area contributed by atoms with Crippen molar-refractivity contribution in [3.05, 3.63) is 0 Å². The Labute approximate surface area is 82.8 Å². The number of hydrogen-bond acceptors (Lipinski definition) is 4. The Morgan fingerprint density at radius 2 is 2.00 bits per heavy atom. The van der Waals surface area contributed by atoms with Gasteiger partial charge in [0.1, 0.15) is 6.29 Å². The molecule has 0 radical (unpaired) electrons. The van der Waals surface area contributed by atoms with Crippen LogP contribution in [0.15, 0.2) is 0 Å². The number of nitrogens with one attached hydrogen (secondary N) is 1. The van der Waals surface area contributed by atoms with Crippen LogP contribution in [0, 0.1) is 5.92 Å². The first-order valence-corrected chi connectivity index (χ1v) is 4.45. The van der Waals surface area contributed by atoms with Crippen molar-refractivity contribution in [2.24, 2.45) is 5.92 Å². The molecule has 0 heterocycles. The van der Waals surface area contributed by atoms with Crippen molar-refractivity contribution < 1.29 is 19.1 Å². The number of aldehydes is 1. The highest BCUT2D eigenvalue weighted by molar-refractivity contribution is 6.32. The van der Waals surface area contributed by atoms with Crippen molar-refractivity contribution in [1.82, 2.24) is 5.32 Å². The smallest absolute Gasteiger partial charge is 0.396 e. The van der Waals surface area contributed by atoms with Crippen LogP contribution in [0.25, 0.3) is 0 Å². The van der Waals surface area contributed by atoms with Gasteiger partial charge in [0.25, 0.3) is 0 Å². The molecule has 0 rings (SSSR count). The number of hydrogen-bond donors (Lipinski definition) is 1. The minimum Gasteiger partial charge on any atom is -0.459 e. The fourth-order valence-corrected chi connectivity index (χ4v) is 0.765. The molecule has 1 amide bonds. The lowest BCUT2D eigenvalue weighted by Gasteiger charge is -2.14. The topological polar surface area (TPSA) is 72.5 Å². The molecule has 1 atom stereocenters. The minimum absolute atomic E-state index is 0.0501. The number of carbonyl (C=O) groups is 3. The van der Waals surface area contributed by atoms with E-state index >= 15 is 0 Å². The highest BCUT2D eigenvalue weighted by Gasteiger charge is 2.20. The number of ether oxygens (including phenoxy) is 1. The molecular formula is C9H15NO4. The molecule has 0 aromatic rings. The van der Waals surface area contributed by atoms with Gasteiger partial charge in [-0.05, 0) is 12.8 Å². The Morgan fingerprint density at radius 1 is 1.43 bits per heavy atom. The number of esters is 1. The third kappa shape index (κ3) is 4.02. The van der Waals surface area contributed by atoms with Crippen molar-refractivity contribution in [3.8, 4) is 0 Å². The van der Waals surface area contributed by atoms with Crippen LogP contribution >= 0.6 is 0 Å². The first kappa shape index (κ1) is 12.6. The average molecular weight is 201 g/mol. The summed E-state index contributed by atoms with van der Waals surface area (Å²) in [6.45, 7) is 5.28. The number of amides is 1. The Balaban J connectivity index is 4.15. The second-order valence-electron chi connectivity index (χ2n) is 3.10. The first-order valence-electron chi connectivity index (χ1n) is 4.45. The third-order valence-corrected chi connectivity index (χ3v) is 1.62. The molecule has 0 aliphatic carbocycles. The molecule has 0 saturated heterocycles. The fourth-order valence-electron chi connectivity index (χ4n) is 0.765. The van der Waals surface area contributed by atoms with Crippen LogP contribution in [-0.2, 0) is 19.1 Å². The molecule has 5 heteroatoms. The maximum absolute atomic E-state index is 11.1. The molecule has 0 spiro atoms. The Morgan fingerprint density at radius 3 is 2.36 bits per heavy atom. The van der Waals surface area contributed by atoms with Crippen molar-refractivity contribution in [1.29, 1.82) is 0 Å². The van der Waals surface area contributed by atoms with Crippen molar-refractivity contribution in [2.45, 2.75) is 26.8 Å². The van der Waals surface area contributed by atoms with Gasteiger partial charge in [0, 0.05) is 0 Å². The largest absolute Gasteiger partial charge is 0.459 e. The molecular weight excluding hydrogens is 186 g/mol. The summed E-state index contributed by atoms with van der Waals surface area (Å²) in [5.41, 5.74) is 0. The van der Waals surface area contributed by atoms with Gasteiger partial charge in [-0.3, -0.25) is 4.79 Å². The Hall–Kier alpha value is -1.39. The molecule has 14 heavy (non-hydrogen) atoms. The summed E-state index contributed by atoms with van der Waals surface area (Å²) in [5, 5.41) is 2.27. The van der Waals surface area contributed by atoms with Gasteiger partial charge in [-0.1, -0.05) is 13.8 Å². The molecule has 1 unspecified atom stereocenters. The van der Waals surface area contributed by atoms with Gasteiger partial charge in [0.05, 0.1) is 12.6 Å². The van der Waals surface area contributed by atoms with E-state index in [2.05, 4.69) is 10.1 Å². The quantitative estimate of drug-likeness (QED) is 0.391. The zero-order chi connectivity index (χ0) is 11.1. The maximum atomic E-state index is 11.1. The molecule has 0 fully saturated rings. The van der Waals surface area contributed by atoms with E-state index in [1.54, 1.807) is 20.8 Å². The molecule has 0 saturated carbocycles. The van der Waals surface area contributed by atoms with Crippen LogP contribution in [0.5, 0.6) is 0 Å². The predicted molar refractivity (Wildman–Crippen MR) is 49.5 cm³/mol.